The summed E-state index contributed by atoms with van der Waals surface area (Å²) in [5, 5.41) is 1.81. The number of fused-ring (bicyclic) bond motifs is 1. The molecular weight excluding hydrogens is 320 g/mol. The van der Waals surface area contributed by atoms with Gasteiger partial charge in [-0.05, 0) is 43.6 Å². The molecule has 120 valence electrons. The molecule has 3 aromatic rings. The van der Waals surface area contributed by atoms with Gasteiger partial charge in [-0.15, -0.1) is 11.3 Å². The van der Waals surface area contributed by atoms with Gasteiger partial charge in [-0.25, -0.2) is 13.8 Å². The molecule has 0 spiro atoms. The van der Waals surface area contributed by atoms with E-state index in [-0.39, 0.29) is 17.2 Å². The van der Waals surface area contributed by atoms with Crippen molar-refractivity contribution >= 4 is 21.6 Å². The lowest BCUT2D eigenvalue weighted by Gasteiger charge is -2.24. The standard InChI is InChI=1S/C16H15F2N3OS/c1-9(11-7-10(17)3-4-12(11)18)21(2)8-14-19-13-5-6-23-15(13)16(22)20-14/h3-7,9H,8H2,1-2H3,(H,19,20,22)/t9-/m0/s1. The van der Waals surface area contributed by atoms with Crippen LogP contribution in [-0.4, -0.2) is 21.9 Å². The number of halogens is 2. The molecule has 0 amide bonds. The number of rotatable bonds is 4. The van der Waals surface area contributed by atoms with E-state index in [4.69, 9.17) is 0 Å². The molecule has 2 aromatic heterocycles. The van der Waals surface area contributed by atoms with Crippen molar-refractivity contribution in [1.82, 2.24) is 14.9 Å². The SMILES string of the molecule is C[C@@H](c1cc(F)ccc1F)N(C)Cc1nc2ccsc2c(=O)[nH]1. The summed E-state index contributed by atoms with van der Waals surface area (Å²) in [6.45, 7) is 2.09. The number of benzene rings is 1. The Bertz CT molecular complexity index is 906. The Balaban J connectivity index is 1.86. The molecule has 1 atom stereocenters. The zero-order valence-electron chi connectivity index (χ0n) is 12.6. The van der Waals surface area contributed by atoms with Gasteiger partial charge in [0.15, 0.2) is 0 Å². The van der Waals surface area contributed by atoms with Crippen LogP contribution in [0.2, 0.25) is 0 Å². The van der Waals surface area contributed by atoms with Crippen LogP contribution in [-0.2, 0) is 6.54 Å². The van der Waals surface area contributed by atoms with Crippen molar-refractivity contribution in [3.63, 3.8) is 0 Å². The molecule has 23 heavy (non-hydrogen) atoms. The fraction of sp³-hybridized carbons (Fsp3) is 0.250. The van der Waals surface area contributed by atoms with E-state index in [0.717, 1.165) is 12.1 Å². The first kappa shape index (κ1) is 15.8. The first-order valence-electron chi connectivity index (χ1n) is 7.07. The van der Waals surface area contributed by atoms with Crippen LogP contribution in [0.25, 0.3) is 10.2 Å². The summed E-state index contributed by atoms with van der Waals surface area (Å²) in [5.74, 6) is -0.444. The molecule has 0 saturated heterocycles. The number of nitrogens with one attached hydrogen (secondary N) is 1. The van der Waals surface area contributed by atoms with E-state index in [1.54, 1.807) is 24.9 Å². The van der Waals surface area contributed by atoms with Crippen LogP contribution in [0.4, 0.5) is 8.78 Å². The fourth-order valence-electron chi connectivity index (χ4n) is 2.44. The number of nitrogens with zero attached hydrogens (tertiary/aromatic N) is 2. The molecule has 0 aliphatic heterocycles. The number of aromatic amines is 1. The molecule has 0 saturated carbocycles. The Morgan fingerprint density at radius 2 is 2.13 bits per heavy atom. The first-order valence-corrected chi connectivity index (χ1v) is 7.95. The van der Waals surface area contributed by atoms with Gasteiger partial charge in [0.25, 0.3) is 5.56 Å². The summed E-state index contributed by atoms with van der Waals surface area (Å²) in [7, 11) is 1.77. The van der Waals surface area contributed by atoms with Crippen LogP contribution in [0.1, 0.15) is 24.4 Å². The van der Waals surface area contributed by atoms with Crippen LogP contribution in [0, 0.1) is 11.6 Å². The highest BCUT2D eigenvalue weighted by molar-refractivity contribution is 7.17. The van der Waals surface area contributed by atoms with Gasteiger partial charge in [0.2, 0.25) is 0 Å². The van der Waals surface area contributed by atoms with Gasteiger partial charge >= 0.3 is 0 Å². The summed E-state index contributed by atoms with van der Waals surface area (Å²) < 4.78 is 27.8. The van der Waals surface area contributed by atoms with Gasteiger partial charge in [0, 0.05) is 11.6 Å². The van der Waals surface area contributed by atoms with Crippen LogP contribution in [0.5, 0.6) is 0 Å². The quantitative estimate of drug-likeness (QED) is 0.794. The largest absolute Gasteiger partial charge is 0.308 e. The molecule has 0 bridgehead atoms. The third-order valence-corrected chi connectivity index (χ3v) is 4.73. The molecule has 2 heterocycles. The number of hydrogen-bond donors (Lipinski definition) is 1. The van der Waals surface area contributed by atoms with Gasteiger partial charge in [0.05, 0.1) is 12.1 Å². The Morgan fingerprint density at radius 3 is 2.91 bits per heavy atom. The van der Waals surface area contributed by atoms with E-state index in [2.05, 4.69) is 9.97 Å². The van der Waals surface area contributed by atoms with Crippen LogP contribution >= 0.6 is 11.3 Å². The van der Waals surface area contributed by atoms with Crippen molar-refractivity contribution in [1.29, 1.82) is 0 Å². The predicted octanol–water partition coefficient (Wildman–Crippen LogP) is 3.46. The van der Waals surface area contributed by atoms with Crippen molar-refractivity contribution < 1.29 is 8.78 Å². The monoisotopic (exact) mass is 335 g/mol. The molecule has 0 aliphatic carbocycles. The van der Waals surface area contributed by atoms with Crippen molar-refractivity contribution in [3.05, 3.63) is 63.0 Å². The second-order valence-corrected chi connectivity index (χ2v) is 6.32. The Morgan fingerprint density at radius 1 is 1.35 bits per heavy atom. The number of aromatic nitrogens is 2. The van der Waals surface area contributed by atoms with E-state index < -0.39 is 11.6 Å². The minimum atomic E-state index is -0.479. The molecule has 3 rings (SSSR count). The molecular formula is C16H15F2N3OS. The van der Waals surface area contributed by atoms with Gasteiger partial charge in [0.1, 0.15) is 22.2 Å². The van der Waals surface area contributed by atoms with E-state index in [0.29, 0.717) is 22.6 Å². The average Bonchev–Trinajstić information content (AvgIpc) is 2.98. The minimum Gasteiger partial charge on any atom is -0.308 e. The van der Waals surface area contributed by atoms with E-state index in [9.17, 15) is 13.6 Å². The lowest BCUT2D eigenvalue weighted by molar-refractivity contribution is 0.241. The summed E-state index contributed by atoms with van der Waals surface area (Å²) in [6, 6.07) is 4.82. The second-order valence-electron chi connectivity index (χ2n) is 5.40. The smallest absolute Gasteiger partial charge is 0.268 e. The number of hydrogen-bond acceptors (Lipinski definition) is 4. The highest BCUT2D eigenvalue weighted by Crippen LogP contribution is 2.24. The minimum absolute atomic E-state index is 0.182. The number of H-pyrrole nitrogens is 1. The van der Waals surface area contributed by atoms with Gasteiger partial charge in [-0.3, -0.25) is 9.69 Å². The maximum Gasteiger partial charge on any atom is 0.268 e. The van der Waals surface area contributed by atoms with Crippen LogP contribution < -0.4 is 5.56 Å². The predicted molar refractivity (Wildman–Crippen MR) is 86.5 cm³/mol. The summed E-state index contributed by atoms with van der Waals surface area (Å²) in [6.07, 6.45) is 0. The van der Waals surface area contributed by atoms with E-state index >= 15 is 0 Å². The van der Waals surface area contributed by atoms with Crippen molar-refractivity contribution in [3.8, 4) is 0 Å². The molecule has 1 aromatic carbocycles. The first-order chi connectivity index (χ1) is 11.0. The Labute approximate surface area is 135 Å². The molecule has 1 N–H and O–H groups in total. The lowest BCUT2D eigenvalue weighted by Crippen LogP contribution is -2.25. The Hall–Kier alpha value is -2.12. The van der Waals surface area contributed by atoms with E-state index in [1.165, 1.54) is 17.4 Å². The van der Waals surface area contributed by atoms with E-state index in [1.807, 2.05) is 5.38 Å². The van der Waals surface area contributed by atoms with Crippen molar-refractivity contribution in [2.75, 3.05) is 7.05 Å². The molecule has 4 nitrogen and oxygen atoms in total. The van der Waals surface area contributed by atoms with Gasteiger partial charge in [-0.2, -0.15) is 0 Å². The average molecular weight is 335 g/mol. The Kier molecular flexibility index (Phi) is 4.23. The maximum atomic E-state index is 13.9. The zero-order valence-corrected chi connectivity index (χ0v) is 13.5. The third kappa shape index (κ3) is 3.16. The summed E-state index contributed by atoms with van der Waals surface area (Å²) in [4.78, 5) is 20.9. The topological polar surface area (TPSA) is 49.0 Å². The van der Waals surface area contributed by atoms with Crippen LogP contribution in [0.15, 0.2) is 34.4 Å². The summed E-state index contributed by atoms with van der Waals surface area (Å²) >= 11 is 1.34. The molecule has 0 unspecified atom stereocenters. The molecule has 0 radical (unpaired) electrons. The maximum absolute atomic E-state index is 13.9. The highest BCUT2D eigenvalue weighted by atomic mass is 32.1. The molecule has 7 heteroatoms. The number of thiophene rings is 1. The fourth-order valence-corrected chi connectivity index (χ4v) is 3.17. The molecule has 0 fully saturated rings. The summed E-state index contributed by atoms with van der Waals surface area (Å²) in [5.41, 5.74) is 0.733. The van der Waals surface area contributed by atoms with Crippen molar-refractivity contribution in [2.24, 2.45) is 0 Å². The molecule has 0 aliphatic rings. The van der Waals surface area contributed by atoms with Crippen molar-refractivity contribution in [2.45, 2.75) is 19.5 Å². The van der Waals surface area contributed by atoms with Gasteiger partial charge in [-0.1, -0.05) is 0 Å². The highest BCUT2D eigenvalue weighted by Gasteiger charge is 2.18. The lowest BCUT2D eigenvalue weighted by atomic mass is 10.1. The van der Waals surface area contributed by atoms with Gasteiger partial charge < -0.3 is 4.98 Å². The second kappa shape index (κ2) is 6.17. The third-order valence-electron chi connectivity index (χ3n) is 3.83. The normalized spacial score (nSPS) is 12.9. The van der Waals surface area contributed by atoms with Crippen LogP contribution in [0.3, 0.4) is 0 Å². The zero-order chi connectivity index (χ0) is 16.6.